The lowest BCUT2D eigenvalue weighted by Gasteiger charge is -2.40. The summed E-state index contributed by atoms with van der Waals surface area (Å²) < 4.78 is 29.2. The number of hydrogen-bond acceptors (Lipinski definition) is 6. The average molecular weight is 567 g/mol. The molecule has 6 nitrogen and oxygen atoms in total. The topological polar surface area (TPSA) is 63.2 Å². The number of hydrogen-bond donors (Lipinski definition) is 0. The quantitative estimate of drug-likeness (QED) is 0.0931. The molecule has 0 N–H and O–H groups in total. The van der Waals surface area contributed by atoms with Crippen LogP contribution in [-0.2, 0) is 29.9 Å². The zero-order valence-corrected chi connectivity index (χ0v) is 28.1. The molecule has 38 heavy (non-hydrogen) atoms. The predicted octanol–water partition coefficient (Wildman–Crippen LogP) is 7.89. The minimum Gasteiger partial charge on any atom is -0.544 e. The van der Waals surface area contributed by atoms with Crippen LogP contribution in [0.3, 0.4) is 0 Å². The van der Waals surface area contributed by atoms with Crippen molar-refractivity contribution in [1.29, 1.82) is 0 Å². The first kappa shape index (κ1) is 34.6. The Kier molecular flexibility index (Phi) is 13.5. The third-order valence-corrected chi connectivity index (χ3v) is 16.8. The van der Waals surface area contributed by atoms with E-state index in [9.17, 15) is 4.79 Å². The van der Waals surface area contributed by atoms with Gasteiger partial charge < -0.3 is 23.1 Å². The highest BCUT2D eigenvalue weighted by Crippen LogP contribution is 2.39. The van der Waals surface area contributed by atoms with E-state index in [0.717, 1.165) is 18.6 Å². The third-order valence-electron chi connectivity index (χ3n) is 7.93. The van der Waals surface area contributed by atoms with Crippen LogP contribution in [0.4, 0.5) is 0 Å². The van der Waals surface area contributed by atoms with Crippen molar-refractivity contribution in [3.05, 3.63) is 42.0 Å². The fourth-order valence-corrected chi connectivity index (χ4v) is 5.82. The molecule has 1 aromatic rings. The van der Waals surface area contributed by atoms with Gasteiger partial charge in [0.25, 0.3) is 0 Å². The molecule has 0 radical (unpaired) electrons. The Hall–Kier alpha value is -1.46. The van der Waals surface area contributed by atoms with Crippen molar-refractivity contribution >= 4 is 22.6 Å². The van der Waals surface area contributed by atoms with Crippen molar-refractivity contribution in [2.75, 3.05) is 21.0 Å². The van der Waals surface area contributed by atoms with E-state index in [2.05, 4.69) is 92.0 Å². The molecule has 1 rings (SSSR count). The number of ether oxygens (including phenoxy) is 3. The van der Waals surface area contributed by atoms with Crippen LogP contribution >= 0.6 is 0 Å². The van der Waals surface area contributed by atoms with E-state index in [-0.39, 0.29) is 35.0 Å². The van der Waals surface area contributed by atoms with Crippen molar-refractivity contribution in [3.8, 4) is 5.75 Å². The maximum absolute atomic E-state index is 11.5. The van der Waals surface area contributed by atoms with E-state index in [0.29, 0.717) is 12.8 Å². The smallest absolute Gasteiger partial charge is 0.330 e. The normalized spacial score (nSPS) is 14.9. The van der Waals surface area contributed by atoms with Crippen LogP contribution < -0.4 is 4.43 Å². The summed E-state index contributed by atoms with van der Waals surface area (Å²) in [5.41, 5.74) is 1.26. The molecule has 218 valence electrons. The van der Waals surface area contributed by atoms with Gasteiger partial charge in [0.2, 0.25) is 8.32 Å². The third kappa shape index (κ3) is 11.7. The van der Waals surface area contributed by atoms with Gasteiger partial charge in [-0.05, 0) is 79.6 Å². The number of benzene rings is 1. The van der Waals surface area contributed by atoms with Gasteiger partial charge in [-0.1, -0.05) is 59.8 Å². The van der Waals surface area contributed by atoms with Crippen molar-refractivity contribution < 1.29 is 27.9 Å². The molecule has 0 aromatic heterocycles. The molecule has 0 aliphatic heterocycles. The van der Waals surface area contributed by atoms with Crippen molar-refractivity contribution in [3.63, 3.8) is 0 Å². The lowest BCUT2D eigenvalue weighted by atomic mass is 10.0. The second kappa shape index (κ2) is 14.8. The van der Waals surface area contributed by atoms with E-state index in [1.165, 1.54) is 18.7 Å². The molecule has 2 atom stereocenters. The monoisotopic (exact) mass is 566 g/mol. The number of aryl methyl sites for hydroxylation is 1. The molecule has 1 aromatic carbocycles. The maximum Gasteiger partial charge on any atom is 0.330 e. The first-order valence-electron chi connectivity index (χ1n) is 13.7. The number of rotatable bonds is 15. The zero-order valence-electron chi connectivity index (χ0n) is 26.1. The Morgan fingerprint density at radius 1 is 0.895 bits per heavy atom. The van der Waals surface area contributed by atoms with Crippen LogP contribution in [0.5, 0.6) is 5.75 Å². The summed E-state index contributed by atoms with van der Waals surface area (Å²) in [6.45, 7) is 22.9. The number of esters is 1. The van der Waals surface area contributed by atoms with E-state index in [1.54, 1.807) is 13.2 Å². The maximum atomic E-state index is 11.5. The average Bonchev–Trinajstić information content (AvgIpc) is 2.79. The minimum atomic E-state index is -2.01. The Labute approximate surface area is 234 Å². The second-order valence-corrected chi connectivity index (χ2v) is 22.6. The Morgan fingerprint density at radius 3 is 1.97 bits per heavy atom. The Morgan fingerprint density at radius 2 is 1.47 bits per heavy atom. The van der Waals surface area contributed by atoms with E-state index < -0.39 is 16.6 Å². The van der Waals surface area contributed by atoms with E-state index in [1.807, 2.05) is 0 Å². The molecule has 0 bridgehead atoms. The summed E-state index contributed by atoms with van der Waals surface area (Å²) in [6, 6.07) is 8.54. The zero-order chi connectivity index (χ0) is 29.2. The predicted molar refractivity (Wildman–Crippen MR) is 162 cm³/mol. The van der Waals surface area contributed by atoms with Gasteiger partial charge in [0.05, 0.1) is 13.2 Å². The summed E-state index contributed by atoms with van der Waals surface area (Å²) in [4.78, 5) is 11.5. The molecule has 8 heteroatoms. The molecule has 0 fully saturated rings. The number of carbonyl (C=O) groups excluding carboxylic acids is 1. The largest absolute Gasteiger partial charge is 0.544 e. The standard InChI is InChI=1S/C30H54O6Si2/c1-29(2,3)37(9,10)35-25-19-16-24(17-20-25)18-21-27(36-38(11,12)30(4,5)6)22-26(34-23-32-7)14-13-15-28(31)33-8/h13,15-17,19-20,26-27H,14,18,21-23H2,1-12H3/b15-13-/t26-,27-/m0/s1. The lowest BCUT2D eigenvalue weighted by molar-refractivity contribution is -0.134. The van der Waals surface area contributed by atoms with Gasteiger partial charge in [-0.15, -0.1) is 0 Å². The van der Waals surface area contributed by atoms with Gasteiger partial charge >= 0.3 is 5.97 Å². The van der Waals surface area contributed by atoms with Crippen molar-refractivity contribution in [2.24, 2.45) is 0 Å². The van der Waals surface area contributed by atoms with Crippen LogP contribution in [-0.4, -0.2) is 55.8 Å². The van der Waals surface area contributed by atoms with Crippen LogP contribution in [0.2, 0.25) is 36.3 Å². The van der Waals surface area contributed by atoms with Crippen LogP contribution in [0.25, 0.3) is 0 Å². The molecule has 0 saturated heterocycles. The molecule has 0 aliphatic rings. The molecule has 0 aliphatic carbocycles. The van der Waals surface area contributed by atoms with Crippen molar-refractivity contribution in [2.45, 2.75) is 116 Å². The first-order valence-corrected chi connectivity index (χ1v) is 19.5. The van der Waals surface area contributed by atoms with Crippen LogP contribution in [0, 0.1) is 0 Å². The summed E-state index contributed by atoms with van der Waals surface area (Å²) >= 11 is 0. The molecule has 0 unspecified atom stereocenters. The highest BCUT2D eigenvalue weighted by atomic mass is 28.4. The van der Waals surface area contributed by atoms with Crippen LogP contribution in [0.1, 0.15) is 66.4 Å². The highest BCUT2D eigenvalue weighted by Gasteiger charge is 2.40. The summed E-state index contributed by atoms with van der Waals surface area (Å²) in [6.07, 6.45) is 6.20. The van der Waals surface area contributed by atoms with E-state index in [4.69, 9.17) is 23.1 Å². The van der Waals surface area contributed by atoms with Gasteiger partial charge in [-0.25, -0.2) is 4.79 Å². The molecule has 0 saturated carbocycles. The van der Waals surface area contributed by atoms with Gasteiger partial charge in [0, 0.05) is 19.3 Å². The molecular weight excluding hydrogens is 512 g/mol. The lowest BCUT2D eigenvalue weighted by Crippen LogP contribution is -2.45. The fourth-order valence-electron chi connectivity index (χ4n) is 3.39. The van der Waals surface area contributed by atoms with Gasteiger partial charge in [0.15, 0.2) is 8.32 Å². The number of methoxy groups -OCH3 is 2. The SMILES string of the molecule is COCO[C@@H](C/C=C\C(=O)OC)C[C@H](CCc1ccc(O[Si](C)(C)C(C)(C)C)cc1)O[Si](C)(C)C(C)(C)C. The Bertz CT molecular complexity index is 866. The van der Waals surface area contributed by atoms with E-state index >= 15 is 0 Å². The molecule has 0 amide bonds. The Balaban J connectivity index is 3.02. The summed E-state index contributed by atoms with van der Waals surface area (Å²) in [5, 5.41) is 0.259. The minimum absolute atomic E-state index is 0.0208. The first-order chi connectivity index (χ1) is 17.4. The number of carbonyl (C=O) groups is 1. The van der Waals surface area contributed by atoms with Crippen molar-refractivity contribution in [1.82, 2.24) is 0 Å². The summed E-state index contributed by atoms with van der Waals surface area (Å²) in [7, 11) is -0.886. The molecule has 0 heterocycles. The van der Waals surface area contributed by atoms with Gasteiger partial charge in [-0.2, -0.15) is 0 Å². The summed E-state index contributed by atoms with van der Waals surface area (Å²) in [5.74, 6) is 0.574. The highest BCUT2D eigenvalue weighted by molar-refractivity contribution is 6.75. The molecular formula is C30H54O6Si2. The second-order valence-electron chi connectivity index (χ2n) is 13.1. The van der Waals surface area contributed by atoms with Gasteiger partial charge in [-0.3, -0.25) is 0 Å². The molecule has 0 spiro atoms. The van der Waals surface area contributed by atoms with Crippen LogP contribution in [0.15, 0.2) is 36.4 Å². The van der Waals surface area contributed by atoms with Gasteiger partial charge in [0.1, 0.15) is 12.5 Å². The fraction of sp³-hybridized carbons (Fsp3) is 0.700.